The Kier molecular flexibility index (Phi) is 8.19. The van der Waals surface area contributed by atoms with Crippen LogP contribution in [0.1, 0.15) is 45.1 Å². The number of hydrogen-bond donors (Lipinski definition) is 2. The number of amides is 1. The molecule has 7 heteroatoms. The van der Waals surface area contributed by atoms with Crippen LogP contribution >= 0.6 is 11.8 Å². The summed E-state index contributed by atoms with van der Waals surface area (Å²) in [7, 11) is -3.74. The molecule has 1 fully saturated rings. The molecule has 5 nitrogen and oxygen atoms in total. The Labute approximate surface area is 168 Å². The summed E-state index contributed by atoms with van der Waals surface area (Å²) in [5.74, 6) is 1.46. The summed E-state index contributed by atoms with van der Waals surface area (Å²) >= 11 is 1.60. The van der Waals surface area contributed by atoms with E-state index in [1.807, 2.05) is 13.2 Å². The van der Waals surface area contributed by atoms with E-state index in [1.165, 1.54) is 6.42 Å². The maximum Gasteiger partial charge on any atom is 0.241 e. The van der Waals surface area contributed by atoms with E-state index in [0.29, 0.717) is 24.0 Å². The van der Waals surface area contributed by atoms with Gasteiger partial charge in [0.15, 0.2) is 0 Å². The Morgan fingerprint density at radius 3 is 2.52 bits per heavy atom. The average molecular weight is 413 g/mol. The van der Waals surface area contributed by atoms with Gasteiger partial charge >= 0.3 is 0 Å². The van der Waals surface area contributed by atoms with Crippen LogP contribution in [0, 0.1) is 18.8 Å². The highest BCUT2D eigenvalue weighted by molar-refractivity contribution is 7.98. The van der Waals surface area contributed by atoms with Crippen molar-refractivity contribution in [3.05, 3.63) is 29.8 Å². The molecule has 1 aliphatic rings. The van der Waals surface area contributed by atoms with Crippen molar-refractivity contribution in [2.75, 3.05) is 12.0 Å². The van der Waals surface area contributed by atoms with Gasteiger partial charge in [-0.25, -0.2) is 8.42 Å². The molecule has 0 heterocycles. The van der Waals surface area contributed by atoms with Gasteiger partial charge in [0.05, 0.1) is 4.90 Å². The zero-order chi connectivity index (χ0) is 20.0. The van der Waals surface area contributed by atoms with Crippen LogP contribution in [0.25, 0.3) is 0 Å². The molecule has 0 radical (unpaired) electrons. The molecule has 1 aromatic rings. The number of carbonyl (C=O) groups excluding carboxylic acids is 1. The minimum absolute atomic E-state index is 0.113. The van der Waals surface area contributed by atoms with E-state index in [9.17, 15) is 13.2 Å². The van der Waals surface area contributed by atoms with Crippen LogP contribution in [0.4, 0.5) is 0 Å². The third-order valence-electron chi connectivity index (χ3n) is 5.59. The molecule has 152 valence electrons. The Balaban J connectivity index is 2.11. The number of sulfonamides is 1. The number of aryl methyl sites for hydroxylation is 1. The summed E-state index contributed by atoms with van der Waals surface area (Å²) in [6.45, 7) is 6.29. The summed E-state index contributed by atoms with van der Waals surface area (Å²) in [6.07, 6.45) is 5.66. The second kappa shape index (κ2) is 9.94. The van der Waals surface area contributed by atoms with Gasteiger partial charge in [-0.2, -0.15) is 16.5 Å². The normalized spacial score (nSPS) is 24.4. The molecule has 0 aromatic heterocycles. The molecule has 1 amide bonds. The molecule has 2 rings (SSSR count). The first-order valence-electron chi connectivity index (χ1n) is 9.63. The van der Waals surface area contributed by atoms with Crippen LogP contribution in [-0.2, 0) is 14.8 Å². The fraction of sp³-hybridized carbons (Fsp3) is 0.650. The van der Waals surface area contributed by atoms with E-state index in [4.69, 9.17) is 0 Å². The Hall–Kier alpha value is -1.05. The van der Waals surface area contributed by atoms with Gasteiger partial charge in [0.2, 0.25) is 15.9 Å². The van der Waals surface area contributed by atoms with Gasteiger partial charge in [-0.3, -0.25) is 4.79 Å². The molecular weight excluding hydrogens is 380 g/mol. The van der Waals surface area contributed by atoms with Gasteiger partial charge < -0.3 is 5.32 Å². The zero-order valence-corrected chi connectivity index (χ0v) is 18.3. The Bertz CT molecular complexity index is 719. The van der Waals surface area contributed by atoms with E-state index in [2.05, 4.69) is 23.9 Å². The molecule has 0 spiro atoms. The lowest BCUT2D eigenvalue weighted by Crippen LogP contribution is -2.52. The van der Waals surface area contributed by atoms with Crippen LogP contribution in [0.15, 0.2) is 29.2 Å². The first-order valence-corrected chi connectivity index (χ1v) is 12.5. The standard InChI is InChI=1S/C20H32N2O3S2/c1-14-8-10-17(11-9-14)27(24,25)22-19(12-13-26-4)20(23)21-18-7-5-6-15(2)16(18)3/h8-11,15-16,18-19,22H,5-7,12-13H2,1-4H3,(H,21,23). The summed E-state index contributed by atoms with van der Waals surface area (Å²) < 4.78 is 28.1. The number of hydrogen-bond acceptors (Lipinski definition) is 4. The lowest BCUT2D eigenvalue weighted by Gasteiger charge is -2.35. The van der Waals surface area contributed by atoms with Crippen molar-refractivity contribution in [2.45, 2.75) is 63.4 Å². The topological polar surface area (TPSA) is 75.3 Å². The van der Waals surface area contributed by atoms with Crippen molar-refractivity contribution in [2.24, 2.45) is 11.8 Å². The first kappa shape index (κ1) is 22.2. The molecule has 1 aromatic carbocycles. The van der Waals surface area contributed by atoms with Crippen LogP contribution in [0.3, 0.4) is 0 Å². The number of benzene rings is 1. The maximum absolute atomic E-state index is 12.9. The molecule has 4 atom stereocenters. The third-order valence-corrected chi connectivity index (χ3v) is 7.72. The van der Waals surface area contributed by atoms with Crippen molar-refractivity contribution < 1.29 is 13.2 Å². The lowest BCUT2D eigenvalue weighted by molar-refractivity contribution is -0.124. The number of rotatable bonds is 8. The monoisotopic (exact) mass is 412 g/mol. The number of nitrogens with one attached hydrogen (secondary N) is 2. The fourth-order valence-electron chi connectivity index (χ4n) is 3.52. The predicted octanol–water partition coefficient (Wildman–Crippen LogP) is 3.34. The zero-order valence-electron chi connectivity index (χ0n) is 16.7. The number of carbonyl (C=O) groups is 1. The molecule has 4 unspecified atom stereocenters. The summed E-state index contributed by atoms with van der Waals surface area (Å²) in [4.78, 5) is 13.1. The van der Waals surface area contributed by atoms with Crippen molar-refractivity contribution in [3.8, 4) is 0 Å². The number of thioether (sulfide) groups is 1. The Morgan fingerprint density at radius 1 is 1.22 bits per heavy atom. The first-order chi connectivity index (χ1) is 12.7. The third kappa shape index (κ3) is 6.22. The van der Waals surface area contributed by atoms with Gasteiger partial charge in [-0.15, -0.1) is 0 Å². The average Bonchev–Trinajstić information content (AvgIpc) is 2.62. The van der Waals surface area contributed by atoms with Crippen LogP contribution in [-0.4, -0.2) is 38.4 Å². The van der Waals surface area contributed by atoms with Gasteiger partial charge in [-0.1, -0.05) is 44.4 Å². The van der Waals surface area contributed by atoms with Crippen LogP contribution in [0.2, 0.25) is 0 Å². The molecule has 2 N–H and O–H groups in total. The van der Waals surface area contributed by atoms with Crippen molar-refractivity contribution >= 4 is 27.7 Å². The van der Waals surface area contributed by atoms with E-state index in [0.717, 1.165) is 18.4 Å². The van der Waals surface area contributed by atoms with E-state index in [1.54, 1.807) is 36.0 Å². The molecule has 27 heavy (non-hydrogen) atoms. The van der Waals surface area contributed by atoms with E-state index < -0.39 is 16.1 Å². The highest BCUT2D eigenvalue weighted by atomic mass is 32.2. The quantitative estimate of drug-likeness (QED) is 0.687. The van der Waals surface area contributed by atoms with Crippen molar-refractivity contribution in [1.82, 2.24) is 10.0 Å². The van der Waals surface area contributed by atoms with Gasteiger partial charge in [0, 0.05) is 6.04 Å². The molecule has 1 aliphatic carbocycles. The smallest absolute Gasteiger partial charge is 0.241 e. The van der Waals surface area contributed by atoms with E-state index >= 15 is 0 Å². The highest BCUT2D eigenvalue weighted by Crippen LogP contribution is 2.29. The second-order valence-electron chi connectivity index (χ2n) is 7.65. The van der Waals surface area contributed by atoms with Gasteiger partial charge in [-0.05, 0) is 55.7 Å². The summed E-state index contributed by atoms with van der Waals surface area (Å²) in [5.41, 5.74) is 0.992. The maximum atomic E-state index is 12.9. The second-order valence-corrected chi connectivity index (χ2v) is 10.4. The largest absolute Gasteiger partial charge is 0.352 e. The van der Waals surface area contributed by atoms with Gasteiger partial charge in [0.1, 0.15) is 6.04 Å². The van der Waals surface area contributed by atoms with Crippen molar-refractivity contribution in [3.63, 3.8) is 0 Å². The fourth-order valence-corrected chi connectivity index (χ4v) is 5.22. The lowest BCUT2D eigenvalue weighted by atomic mass is 9.78. The minimum atomic E-state index is -3.74. The molecular formula is C20H32N2O3S2. The highest BCUT2D eigenvalue weighted by Gasteiger charge is 2.31. The molecule has 0 bridgehead atoms. The minimum Gasteiger partial charge on any atom is -0.352 e. The molecule has 0 saturated heterocycles. The summed E-state index contributed by atoms with van der Waals surface area (Å²) in [6, 6.07) is 6.03. The van der Waals surface area contributed by atoms with Crippen LogP contribution in [0.5, 0.6) is 0 Å². The van der Waals surface area contributed by atoms with Crippen LogP contribution < -0.4 is 10.0 Å². The SMILES string of the molecule is CSCCC(NS(=O)(=O)c1ccc(C)cc1)C(=O)NC1CCCC(C)C1C. The van der Waals surface area contributed by atoms with Gasteiger partial charge in [0.25, 0.3) is 0 Å². The molecule has 0 aliphatic heterocycles. The predicted molar refractivity (Wildman–Crippen MR) is 112 cm³/mol. The summed E-state index contributed by atoms with van der Waals surface area (Å²) in [5, 5.41) is 3.12. The van der Waals surface area contributed by atoms with Crippen molar-refractivity contribution in [1.29, 1.82) is 0 Å². The molecule has 1 saturated carbocycles. The van der Waals surface area contributed by atoms with E-state index in [-0.39, 0.29) is 16.8 Å². The Morgan fingerprint density at radius 2 is 1.89 bits per heavy atom.